The molecular formula is C17H19NO4S. The van der Waals surface area contributed by atoms with Crippen molar-refractivity contribution in [3.05, 3.63) is 48.3 Å². The number of nitrogens with zero attached hydrogens (tertiary/aromatic N) is 1. The van der Waals surface area contributed by atoms with E-state index in [0.29, 0.717) is 11.5 Å². The molecule has 1 aromatic heterocycles. The van der Waals surface area contributed by atoms with Crippen LogP contribution in [0.15, 0.2) is 42.6 Å². The average Bonchev–Trinajstić information content (AvgIpc) is 2.56. The van der Waals surface area contributed by atoms with Crippen LogP contribution in [-0.2, 0) is 0 Å². The number of aliphatic hydroxyl groups is 3. The van der Waals surface area contributed by atoms with Gasteiger partial charge in [-0.1, -0.05) is 18.2 Å². The van der Waals surface area contributed by atoms with Crippen LogP contribution in [0.5, 0.6) is 5.75 Å². The van der Waals surface area contributed by atoms with Gasteiger partial charge in [0.05, 0.1) is 6.10 Å². The van der Waals surface area contributed by atoms with Crippen LogP contribution in [0.4, 0.5) is 0 Å². The Labute approximate surface area is 139 Å². The molecule has 1 aliphatic rings. The summed E-state index contributed by atoms with van der Waals surface area (Å²) in [5, 5.41) is 29.3. The Kier molecular flexibility index (Phi) is 4.87. The third-order valence-electron chi connectivity index (χ3n) is 3.79. The maximum Gasteiger partial charge on any atom is 0.173 e. The number of aliphatic hydroxyl groups excluding tert-OH is 3. The topological polar surface area (TPSA) is 82.8 Å². The fourth-order valence-electron chi connectivity index (χ4n) is 2.40. The van der Waals surface area contributed by atoms with E-state index in [-0.39, 0.29) is 0 Å². The molecule has 0 radical (unpaired) electrons. The lowest BCUT2D eigenvalue weighted by molar-refractivity contribution is -0.0786. The number of pyridine rings is 1. The molecule has 23 heavy (non-hydrogen) atoms. The molecule has 3 rings (SSSR count). The molecule has 0 saturated carbocycles. The SMILES string of the molecule is Cc1ccc(-c2cccc(O[C@@H]3SC[C@@H](O)[C@H](O)[C@H]3O)c2)cn1. The molecule has 0 bridgehead atoms. The van der Waals surface area contributed by atoms with E-state index < -0.39 is 23.7 Å². The molecule has 3 N–H and O–H groups in total. The largest absolute Gasteiger partial charge is 0.477 e. The molecule has 0 spiro atoms. The van der Waals surface area contributed by atoms with Crippen molar-refractivity contribution in [1.82, 2.24) is 4.98 Å². The minimum absolute atomic E-state index is 0.324. The predicted molar refractivity (Wildman–Crippen MR) is 89.3 cm³/mol. The molecule has 0 unspecified atom stereocenters. The molecule has 2 aromatic rings. The monoisotopic (exact) mass is 333 g/mol. The number of hydrogen-bond acceptors (Lipinski definition) is 6. The van der Waals surface area contributed by atoms with Crippen molar-refractivity contribution in [1.29, 1.82) is 0 Å². The predicted octanol–water partition coefficient (Wildman–Crippen LogP) is 1.59. The van der Waals surface area contributed by atoms with Gasteiger partial charge < -0.3 is 20.1 Å². The highest BCUT2D eigenvalue weighted by atomic mass is 32.2. The number of rotatable bonds is 3. The van der Waals surface area contributed by atoms with E-state index in [1.807, 2.05) is 37.3 Å². The summed E-state index contributed by atoms with van der Waals surface area (Å²) in [6.45, 7) is 1.94. The summed E-state index contributed by atoms with van der Waals surface area (Å²) >= 11 is 1.29. The van der Waals surface area contributed by atoms with Crippen LogP contribution in [0.2, 0.25) is 0 Å². The summed E-state index contributed by atoms with van der Waals surface area (Å²) in [5.41, 5.74) is 2.29. The lowest BCUT2D eigenvalue weighted by Gasteiger charge is -2.34. The standard InChI is InChI=1S/C17H19NO4S/c1-10-5-6-12(8-18-10)11-3-2-4-13(7-11)22-17-16(21)15(20)14(19)9-23-17/h2-8,14-17,19-21H,9H2,1H3/t14-,15+,16-,17-/m1/s1. The Bertz CT molecular complexity index is 664. The highest BCUT2D eigenvalue weighted by molar-refractivity contribution is 7.99. The third-order valence-corrected chi connectivity index (χ3v) is 5.02. The van der Waals surface area contributed by atoms with E-state index in [2.05, 4.69) is 4.98 Å². The Morgan fingerprint density at radius 2 is 1.91 bits per heavy atom. The highest BCUT2D eigenvalue weighted by Gasteiger charge is 2.38. The summed E-state index contributed by atoms with van der Waals surface area (Å²) in [4.78, 5) is 4.29. The Morgan fingerprint density at radius 3 is 2.65 bits per heavy atom. The lowest BCUT2D eigenvalue weighted by atomic mass is 10.1. The number of hydrogen-bond donors (Lipinski definition) is 3. The Morgan fingerprint density at radius 1 is 1.09 bits per heavy atom. The van der Waals surface area contributed by atoms with E-state index in [4.69, 9.17) is 4.74 Å². The highest BCUT2D eigenvalue weighted by Crippen LogP contribution is 2.31. The van der Waals surface area contributed by atoms with Gasteiger partial charge in [-0.3, -0.25) is 4.98 Å². The van der Waals surface area contributed by atoms with Gasteiger partial charge in [0.25, 0.3) is 0 Å². The van der Waals surface area contributed by atoms with Gasteiger partial charge in [-0.05, 0) is 30.7 Å². The van der Waals surface area contributed by atoms with Crippen LogP contribution in [0, 0.1) is 6.92 Å². The molecule has 0 amide bonds. The summed E-state index contributed by atoms with van der Waals surface area (Å²) in [5.74, 6) is 0.924. The van der Waals surface area contributed by atoms with Crippen molar-refractivity contribution in [2.75, 3.05) is 5.75 Å². The molecular weight excluding hydrogens is 314 g/mol. The van der Waals surface area contributed by atoms with E-state index >= 15 is 0 Å². The van der Waals surface area contributed by atoms with Gasteiger partial charge in [0.15, 0.2) is 5.44 Å². The third kappa shape index (κ3) is 3.67. The number of aromatic nitrogens is 1. The number of aryl methyl sites for hydroxylation is 1. The first-order valence-electron chi connectivity index (χ1n) is 7.40. The normalized spacial score (nSPS) is 27.7. The van der Waals surface area contributed by atoms with Crippen LogP contribution in [0.1, 0.15) is 5.69 Å². The van der Waals surface area contributed by atoms with Gasteiger partial charge in [-0.15, -0.1) is 11.8 Å². The molecule has 6 heteroatoms. The van der Waals surface area contributed by atoms with Crippen LogP contribution in [-0.4, -0.2) is 49.8 Å². The zero-order chi connectivity index (χ0) is 16.4. The summed E-state index contributed by atoms with van der Waals surface area (Å²) in [7, 11) is 0. The van der Waals surface area contributed by atoms with Crippen LogP contribution < -0.4 is 4.74 Å². The molecule has 5 nitrogen and oxygen atoms in total. The molecule has 1 saturated heterocycles. The smallest absolute Gasteiger partial charge is 0.173 e. The second-order valence-corrected chi connectivity index (χ2v) is 6.72. The Hall–Kier alpha value is -1.60. The van der Waals surface area contributed by atoms with E-state index in [0.717, 1.165) is 16.8 Å². The lowest BCUT2D eigenvalue weighted by Crippen LogP contribution is -2.50. The van der Waals surface area contributed by atoms with Crippen LogP contribution in [0.3, 0.4) is 0 Å². The van der Waals surface area contributed by atoms with Crippen molar-refractivity contribution in [3.63, 3.8) is 0 Å². The fraction of sp³-hybridized carbons (Fsp3) is 0.353. The van der Waals surface area contributed by atoms with E-state index in [1.54, 1.807) is 12.3 Å². The molecule has 1 aromatic carbocycles. The first kappa shape index (κ1) is 16.3. The van der Waals surface area contributed by atoms with Gasteiger partial charge in [0, 0.05) is 23.2 Å². The fourth-order valence-corrected chi connectivity index (χ4v) is 3.53. The number of benzene rings is 1. The first-order valence-corrected chi connectivity index (χ1v) is 8.45. The summed E-state index contributed by atoms with van der Waals surface area (Å²) < 4.78 is 5.79. The molecule has 1 aliphatic heterocycles. The van der Waals surface area contributed by atoms with E-state index in [1.165, 1.54) is 11.8 Å². The molecule has 1 fully saturated rings. The molecule has 122 valence electrons. The molecule has 0 aliphatic carbocycles. The van der Waals surface area contributed by atoms with Gasteiger partial charge in [-0.25, -0.2) is 0 Å². The number of ether oxygens (including phenoxy) is 1. The quantitative estimate of drug-likeness (QED) is 0.791. The van der Waals surface area contributed by atoms with Crippen molar-refractivity contribution in [2.24, 2.45) is 0 Å². The van der Waals surface area contributed by atoms with Crippen LogP contribution >= 0.6 is 11.8 Å². The van der Waals surface area contributed by atoms with Crippen molar-refractivity contribution >= 4 is 11.8 Å². The maximum absolute atomic E-state index is 10.0. The minimum atomic E-state index is -1.19. The second kappa shape index (κ2) is 6.88. The summed E-state index contributed by atoms with van der Waals surface area (Å²) in [6, 6.07) is 11.4. The first-order chi connectivity index (χ1) is 11.0. The van der Waals surface area contributed by atoms with Gasteiger partial charge in [0.1, 0.15) is 18.0 Å². The maximum atomic E-state index is 10.0. The van der Waals surface area contributed by atoms with Gasteiger partial charge in [0.2, 0.25) is 0 Å². The van der Waals surface area contributed by atoms with Crippen molar-refractivity contribution in [3.8, 4) is 16.9 Å². The average molecular weight is 333 g/mol. The molecule has 4 atom stereocenters. The van der Waals surface area contributed by atoms with Gasteiger partial charge >= 0.3 is 0 Å². The zero-order valence-corrected chi connectivity index (χ0v) is 13.5. The van der Waals surface area contributed by atoms with Crippen molar-refractivity contribution in [2.45, 2.75) is 30.7 Å². The number of thioether (sulfide) groups is 1. The van der Waals surface area contributed by atoms with Crippen molar-refractivity contribution < 1.29 is 20.1 Å². The molecule has 2 heterocycles. The second-order valence-electron chi connectivity index (χ2n) is 5.58. The zero-order valence-electron chi connectivity index (χ0n) is 12.7. The Balaban J connectivity index is 1.76. The summed E-state index contributed by atoms with van der Waals surface area (Å²) in [6.07, 6.45) is -1.45. The van der Waals surface area contributed by atoms with E-state index in [9.17, 15) is 15.3 Å². The minimum Gasteiger partial charge on any atom is -0.477 e. The van der Waals surface area contributed by atoms with Gasteiger partial charge in [-0.2, -0.15) is 0 Å². The van der Waals surface area contributed by atoms with Crippen LogP contribution in [0.25, 0.3) is 11.1 Å².